The van der Waals surface area contributed by atoms with Crippen LogP contribution in [0.3, 0.4) is 0 Å². The zero-order valence-corrected chi connectivity index (χ0v) is 16.4. The van der Waals surface area contributed by atoms with E-state index < -0.39 is 0 Å². The van der Waals surface area contributed by atoms with Gasteiger partial charge in [-0.1, -0.05) is 66.5 Å². The third-order valence-electron chi connectivity index (χ3n) is 5.50. The molecule has 112 valence electrons. The van der Waals surface area contributed by atoms with E-state index in [0.29, 0.717) is 22.8 Å². The van der Waals surface area contributed by atoms with Gasteiger partial charge in [0.25, 0.3) is 0 Å². The summed E-state index contributed by atoms with van der Waals surface area (Å²) >= 11 is 7.44. The van der Waals surface area contributed by atoms with Gasteiger partial charge < -0.3 is 5.32 Å². The fourth-order valence-corrected chi connectivity index (χ4v) is 4.67. The standard InChI is InChI=1S/C17H25Br2N/c1-7-20-14(15-16(3,4)17(15,5)6)11-9-12(18)10(2)8-13(11)19/h8-9,14-15,20H,7H2,1-6H3. The second-order valence-electron chi connectivity index (χ2n) is 7.08. The van der Waals surface area contributed by atoms with E-state index >= 15 is 0 Å². The van der Waals surface area contributed by atoms with E-state index in [1.807, 2.05) is 0 Å². The maximum absolute atomic E-state index is 3.76. The third-order valence-corrected chi connectivity index (χ3v) is 7.04. The molecule has 0 aliphatic heterocycles. The lowest BCUT2D eigenvalue weighted by atomic mass is 9.95. The molecule has 1 nitrogen and oxygen atoms in total. The second-order valence-corrected chi connectivity index (χ2v) is 8.79. The Hall–Kier alpha value is 0.140. The SMILES string of the molecule is CCNC(c1cc(Br)c(C)cc1Br)C1C(C)(C)C1(C)C. The molecule has 1 aliphatic carbocycles. The number of halogens is 2. The summed E-state index contributed by atoms with van der Waals surface area (Å²) in [7, 11) is 0. The van der Waals surface area contributed by atoms with E-state index in [4.69, 9.17) is 0 Å². The minimum atomic E-state index is 0.372. The lowest BCUT2D eigenvalue weighted by molar-refractivity contribution is 0.417. The largest absolute Gasteiger partial charge is 0.310 e. The van der Waals surface area contributed by atoms with Crippen molar-refractivity contribution < 1.29 is 0 Å². The molecular weight excluding hydrogens is 378 g/mol. The number of rotatable bonds is 4. The van der Waals surface area contributed by atoms with E-state index in [9.17, 15) is 0 Å². The van der Waals surface area contributed by atoms with Crippen molar-refractivity contribution >= 4 is 31.9 Å². The molecule has 0 aromatic heterocycles. The lowest BCUT2D eigenvalue weighted by Crippen LogP contribution is -2.25. The van der Waals surface area contributed by atoms with Crippen LogP contribution in [0.4, 0.5) is 0 Å². The molecule has 1 aliphatic rings. The van der Waals surface area contributed by atoms with Gasteiger partial charge in [0.1, 0.15) is 0 Å². The summed E-state index contributed by atoms with van der Waals surface area (Å²) in [5.41, 5.74) is 3.38. The van der Waals surface area contributed by atoms with E-state index in [1.165, 1.54) is 20.1 Å². The molecule has 0 saturated heterocycles. The molecule has 1 fully saturated rings. The van der Waals surface area contributed by atoms with Crippen molar-refractivity contribution in [2.75, 3.05) is 6.54 Å². The predicted octanol–water partition coefficient (Wildman–Crippen LogP) is 5.85. The number of benzene rings is 1. The highest BCUT2D eigenvalue weighted by Crippen LogP contribution is 2.72. The Morgan fingerprint density at radius 1 is 1.10 bits per heavy atom. The predicted molar refractivity (Wildman–Crippen MR) is 94.0 cm³/mol. The quantitative estimate of drug-likeness (QED) is 0.665. The maximum atomic E-state index is 3.76. The molecule has 0 radical (unpaired) electrons. The molecule has 20 heavy (non-hydrogen) atoms. The highest BCUT2D eigenvalue weighted by Gasteiger charge is 2.67. The van der Waals surface area contributed by atoms with Crippen molar-refractivity contribution in [1.29, 1.82) is 0 Å². The Balaban J connectivity index is 2.44. The van der Waals surface area contributed by atoms with Crippen molar-refractivity contribution in [3.63, 3.8) is 0 Å². The number of hydrogen-bond acceptors (Lipinski definition) is 1. The van der Waals surface area contributed by atoms with Crippen molar-refractivity contribution in [2.45, 2.75) is 47.6 Å². The minimum absolute atomic E-state index is 0.372. The first kappa shape index (κ1) is 16.5. The van der Waals surface area contributed by atoms with Crippen LogP contribution < -0.4 is 5.32 Å². The van der Waals surface area contributed by atoms with Crippen LogP contribution in [0.5, 0.6) is 0 Å². The Bertz CT molecular complexity index is 506. The molecule has 1 unspecified atom stereocenters. The summed E-state index contributed by atoms with van der Waals surface area (Å²) in [6, 6.07) is 4.89. The summed E-state index contributed by atoms with van der Waals surface area (Å²) in [5, 5.41) is 3.71. The monoisotopic (exact) mass is 401 g/mol. The van der Waals surface area contributed by atoms with Gasteiger partial charge in [0.2, 0.25) is 0 Å². The molecule has 0 spiro atoms. The average molecular weight is 403 g/mol. The lowest BCUT2D eigenvalue weighted by Gasteiger charge is -2.23. The van der Waals surface area contributed by atoms with Crippen LogP contribution in [0, 0.1) is 23.7 Å². The first-order valence-corrected chi connectivity index (χ1v) is 8.92. The van der Waals surface area contributed by atoms with Crippen molar-refractivity contribution in [3.8, 4) is 0 Å². The van der Waals surface area contributed by atoms with Crippen LogP contribution in [0.15, 0.2) is 21.1 Å². The van der Waals surface area contributed by atoms with E-state index in [1.54, 1.807) is 0 Å². The van der Waals surface area contributed by atoms with Gasteiger partial charge in [-0.15, -0.1) is 0 Å². The molecule has 2 rings (SSSR count). The van der Waals surface area contributed by atoms with Gasteiger partial charge in [0, 0.05) is 15.0 Å². The highest BCUT2D eigenvalue weighted by atomic mass is 79.9. The highest BCUT2D eigenvalue weighted by molar-refractivity contribution is 9.11. The third kappa shape index (κ3) is 2.50. The van der Waals surface area contributed by atoms with Crippen molar-refractivity contribution in [3.05, 3.63) is 32.2 Å². The van der Waals surface area contributed by atoms with Gasteiger partial charge in [0.15, 0.2) is 0 Å². The fraction of sp³-hybridized carbons (Fsp3) is 0.647. The smallest absolute Gasteiger partial charge is 0.0370 e. The van der Waals surface area contributed by atoms with Gasteiger partial charge in [-0.3, -0.25) is 0 Å². The maximum Gasteiger partial charge on any atom is 0.0370 e. The molecule has 0 heterocycles. The van der Waals surface area contributed by atoms with E-state index in [-0.39, 0.29) is 0 Å². The summed E-state index contributed by atoms with van der Waals surface area (Å²) in [6.07, 6.45) is 0. The average Bonchev–Trinajstić information content (AvgIpc) is 2.72. The van der Waals surface area contributed by atoms with E-state index in [0.717, 1.165) is 6.54 Å². The Morgan fingerprint density at radius 3 is 2.10 bits per heavy atom. The Kier molecular flexibility index (Phi) is 4.46. The topological polar surface area (TPSA) is 12.0 Å². The molecule has 1 atom stereocenters. The Morgan fingerprint density at radius 2 is 1.65 bits per heavy atom. The summed E-state index contributed by atoms with van der Waals surface area (Å²) in [4.78, 5) is 0. The molecule has 1 aromatic rings. The summed E-state index contributed by atoms with van der Waals surface area (Å²) in [6.45, 7) is 14.9. The first-order chi connectivity index (χ1) is 9.14. The summed E-state index contributed by atoms with van der Waals surface area (Å²) < 4.78 is 2.40. The molecule has 1 saturated carbocycles. The van der Waals surface area contributed by atoms with Gasteiger partial charge in [-0.25, -0.2) is 0 Å². The molecule has 0 bridgehead atoms. The molecule has 1 N–H and O–H groups in total. The van der Waals surface area contributed by atoms with Crippen LogP contribution in [0.1, 0.15) is 51.8 Å². The van der Waals surface area contributed by atoms with Crippen molar-refractivity contribution in [1.82, 2.24) is 5.32 Å². The molecular formula is C17H25Br2N. The Labute approximate surface area is 140 Å². The zero-order chi connectivity index (χ0) is 15.3. The summed E-state index contributed by atoms with van der Waals surface area (Å²) in [5.74, 6) is 0.654. The van der Waals surface area contributed by atoms with Gasteiger partial charge >= 0.3 is 0 Å². The first-order valence-electron chi connectivity index (χ1n) is 7.33. The van der Waals surface area contributed by atoms with Gasteiger partial charge in [0.05, 0.1) is 0 Å². The molecule has 3 heteroatoms. The van der Waals surface area contributed by atoms with Crippen LogP contribution in [0.25, 0.3) is 0 Å². The van der Waals surface area contributed by atoms with Gasteiger partial charge in [-0.05, 0) is 53.5 Å². The second kappa shape index (κ2) is 5.40. The van der Waals surface area contributed by atoms with Crippen molar-refractivity contribution in [2.24, 2.45) is 16.7 Å². The van der Waals surface area contributed by atoms with Crippen LogP contribution in [-0.2, 0) is 0 Å². The van der Waals surface area contributed by atoms with Crippen LogP contribution in [0.2, 0.25) is 0 Å². The zero-order valence-electron chi connectivity index (χ0n) is 13.3. The van der Waals surface area contributed by atoms with Crippen LogP contribution >= 0.6 is 31.9 Å². The number of nitrogens with one attached hydrogen (secondary N) is 1. The number of hydrogen-bond donors (Lipinski definition) is 1. The molecule has 0 amide bonds. The van der Waals surface area contributed by atoms with E-state index in [2.05, 4.69) is 90.9 Å². The number of aryl methyl sites for hydroxylation is 1. The fourth-order valence-electron chi connectivity index (χ4n) is 3.61. The molecule has 1 aromatic carbocycles. The van der Waals surface area contributed by atoms with Crippen LogP contribution in [-0.4, -0.2) is 6.54 Å². The normalized spacial score (nSPS) is 21.8. The van der Waals surface area contributed by atoms with Gasteiger partial charge in [-0.2, -0.15) is 0 Å². The minimum Gasteiger partial charge on any atom is -0.310 e.